The summed E-state index contributed by atoms with van der Waals surface area (Å²) in [6, 6.07) is 7.25. The number of halogens is 1. The number of anilines is 3. The SMILES string of the molecule is CCNc1cc(Nc2cc(OC)ccc2Cl)nc(C)n1. The quantitative estimate of drug-likeness (QED) is 0.881. The van der Waals surface area contributed by atoms with Crippen molar-refractivity contribution in [2.45, 2.75) is 13.8 Å². The molecule has 0 aliphatic rings. The van der Waals surface area contributed by atoms with Crippen LogP contribution in [0.2, 0.25) is 5.02 Å². The van der Waals surface area contributed by atoms with E-state index < -0.39 is 0 Å². The van der Waals surface area contributed by atoms with Gasteiger partial charge in [-0.25, -0.2) is 9.97 Å². The highest BCUT2D eigenvalue weighted by Gasteiger charge is 2.06. The minimum atomic E-state index is 0.604. The van der Waals surface area contributed by atoms with Crippen LogP contribution < -0.4 is 15.4 Å². The first-order valence-corrected chi connectivity index (χ1v) is 6.70. The van der Waals surface area contributed by atoms with Crippen molar-refractivity contribution >= 4 is 28.9 Å². The molecule has 2 aromatic rings. The summed E-state index contributed by atoms with van der Waals surface area (Å²) < 4.78 is 5.19. The van der Waals surface area contributed by atoms with Crippen LogP contribution in [0.1, 0.15) is 12.7 Å². The van der Waals surface area contributed by atoms with Crippen molar-refractivity contribution in [2.24, 2.45) is 0 Å². The van der Waals surface area contributed by atoms with E-state index in [1.165, 1.54) is 0 Å². The number of ether oxygens (including phenoxy) is 1. The first-order chi connectivity index (χ1) is 9.62. The highest BCUT2D eigenvalue weighted by atomic mass is 35.5. The third kappa shape index (κ3) is 3.51. The van der Waals surface area contributed by atoms with Crippen LogP contribution in [-0.4, -0.2) is 23.6 Å². The van der Waals surface area contributed by atoms with Gasteiger partial charge in [0.15, 0.2) is 0 Å². The molecule has 0 atom stereocenters. The topological polar surface area (TPSA) is 59.1 Å². The van der Waals surface area contributed by atoms with E-state index >= 15 is 0 Å². The maximum atomic E-state index is 6.17. The van der Waals surface area contributed by atoms with Crippen LogP contribution in [0, 0.1) is 6.92 Å². The van der Waals surface area contributed by atoms with Crippen LogP contribution in [0.5, 0.6) is 5.75 Å². The molecule has 0 saturated carbocycles. The van der Waals surface area contributed by atoms with Crippen LogP contribution in [0.4, 0.5) is 17.3 Å². The predicted octanol–water partition coefficient (Wildman–Crippen LogP) is 3.62. The maximum Gasteiger partial charge on any atom is 0.136 e. The normalized spacial score (nSPS) is 10.2. The van der Waals surface area contributed by atoms with Crippen molar-refractivity contribution in [1.29, 1.82) is 0 Å². The summed E-state index contributed by atoms with van der Waals surface area (Å²) in [7, 11) is 1.62. The number of hydrogen-bond acceptors (Lipinski definition) is 5. The van der Waals surface area contributed by atoms with Gasteiger partial charge in [-0.2, -0.15) is 0 Å². The number of nitrogens with zero attached hydrogens (tertiary/aromatic N) is 2. The second-order valence-corrected chi connectivity index (χ2v) is 4.59. The van der Waals surface area contributed by atoms with Crippen LogP contribution in [0.3, 0.4) is 0 Å². The van der Waals surface area contributed by atoms with E-state index in [2.05, 4.69) is 20.6 Å². The molecule has 0 aliphatic carbocycles. The van der Waals surface area contributed by atoms with Crippen molar-refractivity contribution in [1.82, 2.24) is 9.97 Å². The summed E-state index contributed by atoms with van der Waals surface area (Å²) in [6.45, 7) is 4.67. The highest BCUT2D eigenvalue weighted by molar-refractivity contribution is 6.33. The highest BCUT2D eigenvalue weighted by Crippen LogP contribution is 2.29. The first-order valence-electron chi connectivity index (χ1n) is 6.32. The van der Waals surface area contributed by atoms with Crippen molar-refractivity contribution in [2.75, 3.05) is 24.3 Å². The van der Waals surface area contributed by atoms with E-state index in [9.17, 15) is 0 Å². The molecule has 2 N–H and O–H groups in total. The fourth-order valence-corrected chi connectivity index (χ4v) is 1.93. The van der Waals surface area contributed by atoms with Crippen molar-refractivity contribution in [3.05, 3.63) is 35.1 Å². The molecule has 0 unspecified atom stereocenters. The lowest BCUT2D eigenvalue weighted by Gasteiger charge is -2.11. The number of rotatable bonds is 5. The average Bonchev–Trinajstić information content (AvgIpc) is 2.41. The minimum Gasteiger partial charge on any atom is -0.497 e. The zero-order valence-electron chi connectivity index (χ0n) is 11.7. The third-order valence-corrected chi connectivity index (χ3v) is 2.96. The maximum absolute atomic E-state index is 6.17. The lowest BCUT2D eigenvalue weighted by Crippen LogP contribution is -2.04. The predicted molar refractivity (Wildman–Crippen MR) is 82.2 cm³/mol. The van der Waals surface area contributed by atoms with E-state index in [4.69, 9.17) is 16.3 Å². The largest absolute Gasteiger partial charge is 0.497 e. The summed E-state index contributed by atoms with van der Waals surface area (Å²) >= 11 is 6.17. The fraction of sp³-hybridized carbons (Fsp3) is 0.286. The van der Waals surface area contributed by atoms with Gasteiger partial charge < -0.3 is 15.4 Å². The van der Waals surface area contributed by atoms with E-state index in [1.807, 2.05) is 32.0 Å². The molecule has 0 spiro atoms. The van der Waals surface area contributed by atoms with E-state index in [0.717, 1.165) is 23.8 Å². The fourth-order valence-electron chi connectivity index (χ4n) is 1.77. The van der Waals surface area contributed by atoms with Gasteiger partial charge in [0.2, 0.25) is 0 Å². The number of benzene rings is 1. The van der Waals surface area contributed by atoms with Crippen LogP contribution in [0.15, 0.2) is 24.3 Å². The molecule has 0 radical (unpaired) electrons. The molecular formula is C14H17ClN4O. The summed E-state index contributed by atoms with van der Waals surface area (Å²) in [4.78, 5) is 8.65. The molecule has 1 heterocycles. The number of methoxy groups -OCH3 is 1. The average molecular weight is 293 g/mol. The molecule has 5 nitrogen and oxygen atoms in total. The van der Waals surface area contributed by atoms with Crippen LogP contribution >= 0.6 is 11.6 Å². The molecule has 2 rings (SSSR count). The van der Waals surface area contributed by atoms with Crippen molar-refractivity contribution in [3.8, 4) is 5.75 Å². The van der Waals surface area contributed by atoms with E-state index in [-0.39, 0.29) is 0 Å². The lowest BCUT2D eigenvalue weighted by molar-refractivity contribution is 0.415. The number of nitrogens with one attached hydrogen (secondary N) is 2. The van der Waals surface area contributed by atoms with Gasteiger partial charge in [-0.15, -0.1) is 0 Å². The Hall–Kier alpha value is -2.01. The zero-order valence-corrected chi connectivity index (χ0v) is 12.5. The van der Waals surface area contributed by atoms with Gasteiger partial charge in [0.05, 0.1) is 17.8 Å². The Bertz CT molecular complexity index is 604. The van der Waals surface area contributed by atoms with Gasteiger partial charge >= 0.3 is 0 Å². The Balaban J connectivity index is 2.29. The minimum absolute atomic E-state index is 0.604. The second kappa shape index (κ2) is 6.43. The van der Waals surface area contributed by atoms with Crippen LogP contribution in [-0.2, 0) is 0 Å². The molecule has 6 heteroatoms. The lowest BCUT2D eigenvalue weighted by atomic mass is 10.3. The number of aryl methyl sites for hydroxylation is 1. The number of hydrogen-bond donors (Lipinski definition) is 2. The summed E-state index contributed by atoms with van der Waals surface area (Å²) in [5, 5.41) is 6.95. The molecule has 0 aliphatic heterocycles. The number of aromatic nitrogens is 2. The van der Waals surface area contributed by atoms with Gasteiger partial charge in [0.1, 0.15) is 23.2 Å². The standard InChI is InChI=1S/C14H17ClN4O/c1-4-16-13-8-14(18-9(2)17-13)19-12-7-10(20-3)5-6-11(12)15/h5-8H,4H2,1-3H3,(H2,16,17,18,19). The van der Waals surface area contributed by atoms with Crippen LogP contribution in [0.25, 0.3) is 0 Å². The Morgan fingerprint density at radius 3 is 2.65 bits per heavy atom. The molecule has 20 heavy (non-hydrogen) atoms. The molecule has 0 amide bonds. The Labute approximate surface area is 123 Å². The third-order valence-electron chi connectivity index (χ3n) is 2.63. The van der Waals surface area contributed by atoms with Gasteiger partial charge in [-0.05, 0) is 26.0 Å². The van der Waals surface area contributed by atoms with Gasteiger partial charge in [0.25, 0.3) is 0 Å². The zero-order chi connectivity index (χ0) is 14.5. The molecule has 0 fully saturated rings. The molecule has 1 aromatic heterocycles. The van der Waals surface area contributed by atoms with Crippen molar-refractivity contribution < 1.29 is 4.74 Å². The van der Waals surface area contributed by atoms with Crippen molar-refractivity contribution in [3.63, 3.8) is 0 Å². The van der Waals surface area contributed by atoms with Gasteiger partial charge in [0, 0.05) is 18.7 Å². The van der Waals surface area contributed by atoms with E-state index in [1.54, 1.807) is 13.2 Å². The summed E-state index contributed by atoms with van der Waals surface area (Å²) in [5.74, 6) is 2.88. The van der Waals surface area contributed by atoms with E-state index in [0.29, 0.717) is 16.7 Å². The van der Waals surface area contributed by atoms with Gasteiger partial charge in [-0.3, -0.25) is 0 Å². The Kier molecular flexibility index (Phi) is 4.63. The molecule has 0 bridgehead atoms. The van der Waals surface area contributed by atoms with Gasteiger partial charge in [-0.1, -0.05) is 11.6 Å². The molecule has 106 valence electrons. The molecule has 0 saturated heterocycles. The Morgan fingerprint density at radius 1 is 1.20 bits per heavy atom. The smallest absolute Gasteiger partial charge is 0.136 e. The second-order valence-electron chi connectivity index (χ2n) is 4.19. The molecular weight excluding hydrogens is 276 g/mol. The first kappa shape index (κ1) is 14.4. The summed E-state index contributed by atoms with van der Waals surface area (Å²) in [6.07, 6.45) is 0. The summed E-state index contributed by atoms with van der Waals surface area (Å²) in [5.41, 5.74) is 0.742. The molecule has 1 aromatic carbocycles. The Morgan fingerprint density at radius 2 is 1.95 bits per heavy atom. The monoisotopic (exact) mass is 292 g/mol.